The van der Waals surface area contributed by atoms with Gasteiger partial charge in [-0.15, -0.1) is 0 Å². The lowest BCUT2D eigenvalue weighted by molar-refractivity contribution is -0.263. The van der Waals surface area contributed by atoms with Crippen molar-refractivity contribution in [1.29, 1.82) is 0 Å². The Morgan fingerprint density at radius 2 is 1.67 bits per heavy atom. The summed E-state index contributed by atoms with van der Waals surface area (Å²) in [5, 5.41) is 50.0. The highest BCUT2D eigenvalue weighted by Crippen LogP contribution is 2.62. The molecule has 1 aromatic heterocycles. The van der Waals surface area contributed by atoms with Crippen molar-refractivity contribution < 1.29 is 72.1 Å². The molecule has 5 unspecified atom stereocenters. The van der Waals surface area contributed by atoms with Crippen molar-refractivity contribution in [2.75, 3.05) is 13.2 Å². The van der Waals surface area contributed by atoms with Crippen LogP contribution >= 0.6 is 15.6 Å². The van der Waals surface area contributed by atoms with Gasteiger partial charge in [0.05, 0.1) is 19.3 Å². The maximum absolute atomic E-state index is 12.5. The standard InChI is InChI=1S/C18H28N2O17P2/c1-7(22)4-8-12(24)13(25)9(5-21)35-17(8)36-39(31,32)37-38(29,30)33-6-10-14(26)15(27)16(34-10)20-3-2-11(23)19-18(20)28/h2-3,8-10,12-17,21,24-27H,4-6H2,1H3,(H,29,30)(H,31,32)(H,19,23,28)/t8?,9?,10-,12-,13+,14?,15+,16-,17-/m1/s1. The van der Waals surface area contributed by atoms with Crippen molar-refractivity contribution in [3.63, 3.8) is 0 Å². The Hall–Kier alpha value is -1.67. The summed E-state index contributed by atoms with van der Waals surface area (Å²) in [4.78, 5) is 56.6. The van der Waals surface area contributed by atoms with Crippen LogP contribution in [-0.4, -0.2) is 107 Å². The third-order valence-corrected chi connectivity index (χ3v) is 8.44. The number of ether oxygens (including phenoxy) is 2. The van der Waals surface area contributed by atoms with Gasteiger partial charge in [0.2, 0.25) is 0 Å². The number of aliphatic hydroxyl groups is 5. The van der Waals surface area contributed by atoms with Crippen molar-refractivity contribution in [1.82, 2.24) is 9.55 Å². The molecule has 3 heterocycles. The van der Waals surface area contributed by atoms with E-state index in [1.165, 1.54) is 0 Å². The average molecular weight is 606 g/mol. The Labute approximate surface area is 218 Å². The Balaban J connectivity index is 1.66. The molecule has 2 fully saturated rings. The van der Waals surface area contributed by atoms with Crippen molar-refractivity contribution in [2.45, 2.75) is 62.5 Å². The van der Waals surface area contributed by atoms with Crippen LogP contribution in [0.25, 0.3) is 0 Å². The number of carbonyl (C=O) groups excluding carboxylic acids is 1. The summed E-state index contributed by atoms with van der Waals surface area (Å²) in [6.45, 7) is -0.788. The van der Waals surface area contributed by atoms with Crippen LogP contribution in [0.4, 0.5) is 0 Å². The van der Waals surface area contributed by atoms with Crippen LogP contribution in [0.15, 0.2) is 21.9 Å². The molecule has 3 rings (SSSR count). The number of hydrogen-bond acceptors (Lipinski definition) is 15. The maximum Gasteiger partial charge on any atom is 0.483 e. The summed E-state index contributed by atoms with van der Waals surface area (Å²) >= 11 is 0. The molecule has 19 nitrogen and oxygen atoms in total. The van der Waals surface area contributed by atoms with E-state index in [0.29, 0.717) is 0 Å². The number of aromatic amines is 1. The van der Waals surface area contributed by atoms with E-state index >= 15 is 0 Å². The zero-order valence-electron chi connectivity index (χ0n) is 20.0. The predicted octanol–water partition coefficient (Wildman–Crippen LogP) is -3.56. The lowest BCUT2D eigenvalue weighted by atomic mass is 9.87. The molecule has 0 radical (unpaired) electrons. The molecular formula is C18H28N2O17P2. The third-order valence-electron chi connectivity index (χ3n) is 5.84. The molecule has 2 saturated heterocycles. The van der Waals surface area contributed by atoms with Crippen LogP contribution in [-0.2, 0) is 36.8 Å². The highest BCUT2D eigenvalue weighted by atomic mass is 31.3. The molecule has 0 aromatic carbocycles. The summed E-state index contributed by atoms with van der Waals surface area (Å²) in [6, 6.07) is 0.932. The third kappa shape index (κ3) is 7.75. The quantitative estimate of drug-likeness (QED) is 0.113. The lowest BCUT2D eigenvalue weighted by Crippen LogP contribution is -2.56. The van der Waals surface area contributed by atoms with Crippen molar-refractivity contribution in [3.05, 3.63) is 33.1 Å². The van der Waals surface area contributed by atoms with Gasteiger partial charge in [-0.2, -0.15) is 4.31 Å². The Kier molecular flexibility index (Phi) is 10.2. The zero-order valence-corrected chi connectivity index (χ0v) is 21.8. The molecular weight excluding hydrogens is 578 g/mol. The topological polar surface area (TPSA) is 294 Å². The van der Waals surface area contributed by atoms with E-state index in [-0.39, 0.29) is 0 Å². The maximum atomic E-state index is 12.5. The normalized spacial score (nSPS) is 36.3. The summed E-state index contributed by atoms with van der Waals surface area (Å²) in [5.41, 5.74) is -1.74. The molecule has 2 aliphatic heterocycles. The molecule has 1 aromatic rings. The van der Waals surface area contributed by atoms with Crippen LogP contribution < -0.4 is 11.2 Å². The van der Waals surface area contributed by atoms with Crippen LogP contribution in [0.3, 0.4) is 0 Å². The fraction of sp³-hybridized carbons (Fsp3) is 0.722. The second-order valence-electron chi connectivity index (χ2n) is 8.76. The smallest absolute Gasteiger partial charge is 0.394 e. The van der Waals surface area contributed by atoms with Gasteiger partial charge in [-0.1, -0.05) is 0 Å². The number of nitrogens with zero attached hydrogens (tertiary/aromatic N) is 1. The minimum Gasteiger partial charge on any atom is -0.394 e. The number of hydrogen-bond donors (Lipinski definition) is 8. The first-order valence-corrected chi connectivity index (χ1v) is 14.2. The Morgan fingerprint density at radius 1 is 1.03 bits per heavy atom. The molecule has 222 valence electrons. The van der Waals surface area contributed by atoms with Gasteiger partial charge >= 0.3 is 21.3 Å². The number of H-pyrrole nitrogens is 1. The van der Waals surface area contributed by atoms with Crippen LogP contribution in [0.2, 0.25) is 0 Å². The Morgan fingerprint density at radius 3 is 2.26 bits per heavy atom. The largest absolute Gasteiger partial charge is 0.483 e. The summed E-state index contributed by atoms with van der Waals surface area (Å²) in [6.07, 6.45) is -13.2. The van der Waals surface area contributed by atoms with Gasteiger partial charge in [-0.25, -0.2) is 13.9 Å². The average Bonchev–Trinajstić information content (AvgIpc) is 3.10. The monoisotopic (exact) mass is 606 g/mol. The predicted molar refractivity (Wildman–Crippen MR) is 122 cm³/mol. The molecule has 8 N–H and O–H groups in total. The molecule has 2 aliphatic rings. The molecule has 21 heteroatoms. The minimum atomic E-state index is -5.59. The molecule has 0 bridgehead atoms. The van der Waals surface area contributed by atoms with Gasteiger partial charge < -0.3 is 49.6 Å². The van der Waals surface area contributed by atoms with Crippen LogP contribution in [0.1, 0.15) is 19.6 Å². The zero-order chi connectivity index (χ0) is 29.3. The summed E-state index contributed by atoms with van der Waals surface area (Å²) < 4.78 is 49.4. The van der Waals surface area contributed by atoms with Crippen LogP contribution in [0, 0.1) is 5.92 Å². The van der Waals surface area contributed by atoms with Crippen molar-refractivity contribution in [2.24, 2.45) is 5.92 Å². The van der Waals surface area contributed by atoms with Gasteiger partial charge in [0.15, 0.2) is 12.5 Å². The number of nitrogens with one attached hydrogen (secondary N) is 1. The highest BCUT2D eigenvalue weighted by Gasteiger charge is 2.50. The van der Waals surface area contributed by atoms with Gasteiger partial charge in [0.1, 0.15) is 36.3 Å². The highest BCUT2D eigenvalue weighted by molar-refractivity contribution is 7.61. The van der Waals surface area contributed by atoms with E-state index in [1.807, 2.05) is 4.98 Å². The van der Waals surface area contributed by atoms with Crippen molar-refractivity contribution >= 4 is 21.4 Å². The van der Waals surface area contributed by atoms with Gasteiger partial charge in [-0.05, 0) is 6.92 Å². The number of ketones is 1. The molecule has 0 amide bonds. The molecule has 0 saturated carbocycles. The van der Waals surface area contributed by atoms with Crippen LogP contribution in [0.5, 0.6) is 0 Å². The van der Waals surface area contributed by atoms with E-state index in [0.717, 1.165) is 23.8 Å². The first-order valence-electron chi connectivity index (χ1n) is 11.2. The van der Waals surface area contributed by atoms with Gasteiger partial charge in [0, 0.05) is 24.6 Å². The fourth-order valence-electron chi connectivity index (χ4n) is 3.99. The van der Waals surface area contributed by atoms with E-state index < -0.39 is 107 Å². The van der Waals surface area contributed by atoms with Gasteiger partial charge in [0.25, 0.3) is 5.56 Å². The second-order valence-corrected chi connectivity index (χ2v) is 11.8. The minimum absolute atomic E-state index is 0.521. The molecule has 0 aliphatic carbocycles. The second kappa shape index (κ2) is 12.5. The fourth-order valence-corrected chi connectivity index (χ4v) is 6.18. The number of aliphatic hydroxyl groups excluding tert-OH is 5. The van der Waals surface area contributed by atoms with E-state index in [4.69, 9.17) is 14.0 Å². The molecule has 0 spiro atoms. The molecule has 39 heavy (non-hydrogen) atoms. The van der Waals surface area contributed by atoms with Crippen molar-refractivity contribution in [3.8, 4) is 0 Å². The lowest BCUT2D eigenvalue weighted by Gasteiger charge is -2.41. The summed E-state index contributed by atoms with van der Waals surface area (Å²) in [5.74, 6) is -1.99. The number of aromatic nitrogens is 2. The van der Waals surface area contributed by atoms with E-state index in [1.54, 1.807) is 0 Å². The number of carbonyl (C=O) groups is 1. The number of Topliss-reactive ketones (excluding diaryl/α,β-unsaturated/α-hetero) is 1. The number of rotatable bonds is 11. The van der Waals surface area contributed by atoms with E-state index in [2.05, 4.69) is 8.83 Å². The first kappa shape index (κ1) is 31.9. The molecule has 11 atom stereocenters. The summed E-state index contributed by atoms with van der Waals surface area (Å²) in [7, 11) is -11.1. The SMILES string of the molecule is CC(=O)CC1[C@@H](OP(=O)(O)OP(=O)(O)OC[C@H]2O[C@@H](n3ccc(=O)[nH]c3=O)[C@@H](O)C2O)OC(CO)[C@H](O)[C@@H]1O. The van der Waals surface area contributed by atoms with Gasteiger partial charge in [-0.3, -0.25) is 23.4 Å². The number of phosphoric acid groups is 2. The van der Waals surface area contributed by atoms with E-state index in [9.17, 15) is 58.8 Å². The Bertz CT molecular complexity index is 1240. The first-order chi connectivity index (χ1) is 18.0. The number of phosphoric ester groups is 2.